The molecule has 1 aromatic heterocycles. The van der Waals surface area contributed by atoms with Gasteiger partial charge in [0.15, 0.2) is 5.78 Å². The Morgan fingerprint density at radius 1 is 1.15 bits per heavy atom. The van der Waals surface area contributed by atoms with Crippen molar-refractivity contribution in [1.29, 1.82) is 0 Å². The molecule has 0 aliphatic carbocycles. The average Bonchev–Trinajstić information content (AvgIpc) is 2.48. The summed E-state index contributed by atoms with van der Waals surface area (Å²) in [7, 11) is 0. The predicted molar refractivity (Wildman–Crippen MR) is 76.5 cm³/mol. The number of nitrogens with two attached hydrogens (primary N) is 1. The first-order chi connectivity index (χ1) is 9.60. The molecule has 102 valence electrons. The molecule has 5 nitrogen and oxygen atoms in total. The Morgan fingerprint density at radius 2 is 1.85 bits per heavy atom. The summed E-state index contributed by atoms with van der Waals surface area (Å²) in [6.07, 6.45) is 1.58. The molecule has 0 aliphatic heterocycles. The Morgan fingerprint density at radius 3 is 2.35 bits per heavy atom. The molecule has 0 saturated heterocycles. The third-order valence-corrected chi connectivity index (χ3v) is 2.84. The topological polar surface area (TPSA) is 85.1 Å². The largest absolute Gasteiger partial charge is 0.326 e. The van der Waals surface area contributed by atoms with Crippen molar-refractivity contribution in [3.8, 4) is 0 Å². The van der Waals surface area contributed by atoms with Crippen LogP contribution in [0, 0.1) is 0 Å². The van der Waals surface area contributed by atoms with Gasteiger partial charge < -0.3 is 11.1 Å². The summed E-state index contributed by atoms with van der Waals surface area (Å²) in [5.74, 6) is -0.314. The molecule has 0 spiro atoms. The summed E-state index contributed by atoms with van der Waals surface area (Å²) in [6.45, 7) is 1.89. The molecule has 20 heavy (non-hydrogen) atoms. The van der Waals surface area contributed by atoms with Crippen molar-refractivity contribution in [2.24, 2.45) is 5.73 Å². The van der Waals surface area contributed by atoms with Crippen LogP contribution in [-0.4, -0.2) is 16.7 Å². The fourth-order valence-electron chi connectivity index (χ4n) is 1.66. The maximum Gasteiger partial charge on any atom is 0.274 e. The van der Waals surface area contributed by atoms with Crippen molar-refractivity contribution < 1.29 is 9.59 Å². The van der Waals surface area contributed by atoms with E-state index in [0.29, 0.717) is 23.5 Å². The van der Waals surface area contributed by atoms with Gasteiger partial charge >= 0.3 is 0 Å². The van der Waals surface area contributed by atoms with Gasteiger partial charge in [-0.05, 0) is 42.8 Å². The lowest BCUT2D eigenvalue weighted by Crippen LogP contribution is -2.14. The standard InChI is InChI=1S/C15H15N3O2/c1-10(19)12-3-5-13(6-4-12)18-15(20)14-7-2-11(8-16)9-17-14/h2-7,9H,8,16H2,1H3,(H,18,20). The first kappa shape index (κ1) is 13.9. The molecule has 2 rings (SSSR count). The smallest absolute Gasteiger partial charge is 0.274 e. The summed E-state index contributed by atoms with van der Waals surface area (Å²) >= 11 is 0. The second kappa shape index (κ2) is 6.08. The minimum atomic E-state index is -0.302. The summed E-state index contributed by atoms with van der Waals surface area (Å²) in [6, 6.07) is 10.1. The van der Waals surface area contributed by atoms with Gasteiger partial charge in [0.1, 0.15) is 5.69 Å². The predicted octanol–water partition coefficient (Wildman–Crippen LogP) is 2.00. The van der Waals surface area contributed by atoms with Crippen LogP contribution in [0.5, 0.6) is 0 Å². The molecule has 0 aliphatic rings. The van der Waals surface area contributed by atoms with Crippen LogP contribution in [0.2, 0.25) is 0 Å². The molecule has 3 N–H and O–H groups in total. The third kappa shape index (κ3) is 3.27. The first-order valence-electron chi connectivity index (χ1n) is 6.17. The van der Waals surface area contributed by atoms with Crippen molar-refractivity contribution in [2.45, 2.75) is 13.5 Å². The van der Waals surface area contributed by atoms with E-state index in [1.54, 1.807) is 42.6 Å². The van der Waals surface area contributed by atoms with Crippen molar-refractivity contribution in [3.63, 3.8) is 0 Å². The van der Waals surface area contributed by atoms with Gasteiger partial charge in [-0.15, -0.1) is 0 Å². The number of carbonyl (C=O) groups is 2. The Labute approximate surface area is 116 Å². The minimum absolute atomic E-state index is 0.0121. The fourth-order valence-corrected chi connectivity index (χ4v) is 1.66. The molecule has 0 radical (unpaired) electrons. The van der Waals surface area contributed by atoms with Gasteiger partial charge in [-0.3, -0.25) is 14.6 Å². The lowest BCUT2D eigenvalue weighted by atomic mass is 10.1. The highest BCUT2D eigenvalue weighted by atomic mass is 16.2. The van der Waals surface area contributed by atoms with Crippen molar-refractivity contribution in [3.05, 3.63) is 59.4 Å². The quantitative estimate of drug-likeness (QED) is 0.831. The number of nitrogens with one attached hydrogen (secondary N) is 1. The van der Waals surface area contributed by atoms with E-state index in [1.807, 2.05) is 0 Å². The van der Waals surface area contributed by atoms with Crippen LogP contribution in [-0.2, 0) is 6.54 Å². The summed E-state index contributed by atoms with van der Waals surface area (Å²) in [5.41, 5.74) is 7.88. The summed E-state index contributed by atoms with van der Waals surface area (Å²) < 4.78 is 0. The zero-order valence-corrected chi connectivity index (χ0v) is 11.1. The van der Waals surface area contributed by atoms with E-state index < -0.39 is 0 Å². The number of hydrogen-bond acceptors (Lipinski definition) is 4. The van der Waals surface area contributed by atoms with Crippen LogP contribution in [0.4, 0.5) is 5.69 Å². The van der Waals surface area contributed by atoms with Gasteiger partial charge in [-0.1, -0.05) is 6.07 Å². The Balaban J connectivity index is 2.08. The maximum atomic E-state index is 12.0. The van der Waals surface area contributed by atoms with E-state index in [1.165, 1.54) is 6.92 Å². The first-order valence-corrected chi connectivity index (χ1v) is 6.17. The molecule has 0 saturated carbocycles. The van der Waals surface area contributed by atoms with Gasteiger partial charge in [0.2, 0.25) is 0 Å². The normalized spacial score (nSPS) is 10.1. The Hall–Kier alpha value is -2.53. The lowest BCUT2D eigenvalue weighted by molar-refractivity contribution is 0.101. The van der Waals surface area contributed by atoms with E-state index >= 15 is 0 Å². The van der Waals surface area contributed by atoms with Crippen LogP contribution >= 0.6 is 0 Å². The van der Waals surface area contributed by atoms with Crippen molar-refractivity contribution in [2.75, 3.05) is 5.32 Å². The SMILES string of the molecule is CC(=O)c1ccc(NC(=O)c2ccc(CN)cn2)cc1. The number of hydrogen-bond donors (Lipinski definition) is 2. The van der Waals surface area contributed by atoms with Crippen molar-refractivity contribution >= 4 is 17.4 Å². The van der Waals surface area contributed by atoms with E-state index in [9.17, 15) is 9.59 Å². The third-order valence-electron chi connectivity index (χ3n) is 2.84. The van der Waals surface area contributed by atoms with Gasteiger partial charge in [0.05, 0.1) is 0 Å². The molecule has 0 fully saturated rings. The van der Waals surface area contributed by atoms with E-state index in [4.69, 9.17) is 5.73 Å². The Kier molecular flexibility index (Phi) is 4.22. The number of ketones is 1. The highest BCUT2D eigenvalue weighted by Crippen LogP contribution is 2.11. The molecule has 2 aromatic rings. The lowest BCUT2D eigenvalue weighted by Gasteiger charge is -2.05. The van der Waals surface area contributed by atoms with E-state index in [2.05, 4.69) is 10.3 Å². The number of carbonyl (C=O) groups excluding carboxylic acids is 2. The van der Waals surface area contributed by atoms with Crippen LogP contribution in [0.1, 0.15) is 33.3 Å². The second-order valence-corrected chi connectivity index (χ2v) is 4.34. The van der Waals surface area contributed by atoms with Crippen molar-refractivity contribution in [1.82, 2.24) is 4.98 Å². The molecule has 1 aromatic carbocycles. The van der Waals surface area contributed by atoms with Crippen LogP contribution in [0.15, 0.2) is 42.6 Å². The summed E-state index contributed by atoms with van der Waals surface area (Å²) in [5, 5.41) is 2.72. The number of Topliss-reactive ketones (excluding diaryl/α,β-unsaturated/α-hetero) is 1. The molecule has 5 heteroatoms. The van der Waals surface area contributed by atoms with Crippen LogP contribution < -0.4 is 11.1 Å². The second-order valence-electron chi connectivity index (χ2n) is 4.34. The molecule has 0 bridgehead atoms. The number of rotatable bonds is 4. The Bertz CT molecular complexity index is 619. The van der Waals surface area contributed by atoms with Gasteiger partial charge in [0, 0.05) is 24.0 Å². The zero-order chi connectivity index (χ0) is 14.5. The number of aromatic nitrogens is 1. The molecule has 0 atom stereocenters. The molecule has 0 unspecified atom stereocenters. The van der Waals surface area contributed by atoms with Gasteiger partial charge in [-0.2, -0.15) is 0 Å². The highest BCUT2D eigenvalue weighted by Gasteiger charge is 2.07. The highest BCUT2D eigenvalue weighted by molar-refractivity contribution is 6.03. The molecule has 1 heterocycles. The maximum absolute atomic E-state index is 12.0. The zero-order valence-electron chi connectivity index (χ0n) is 11.1. The number of anilines is 1. The summed E-state index contributed by atoms with van der Waals surface area (Å²) in [4.78, 5) is 27.2. The average molecular weight is 269 g/mol. The molecular weight excluding hydrogens is 254 g/mol. The van der Waals surface area contributed by atoms with Crippen LogP contribution in [0.25, 0.3) is 0 Å². The number of nitrogens with zero attached hydrogens (tertiary/aromatic N) is 1. The number of pyridine rings is 1. The minimum Gasteiger partial charge on any atom is -0.326 e. The van der Waals surface area contributed by atoms with E-state index in [-0.39, 0.29) is 11.7 Å². The van der Waals surface area contributed by atoms with Crippen LogP contribution in [0.3, 0.4) is 0 Å². The molecule has 1 amide bonds. The van der Waals surface area contributed by atoms with Gasteiger partial charge in [0.25, 0.3) is 5.91 Å². The number of benzene rings is 1. The van der Waals surface area contributed by atoms with E-state index in [0.717, 1.165) is 5.56 Å². The molecular formula is C15H15N3O2. The fraction of sp³-hybridized carbons (Fsp3) is 0.133. The number of amides is 1. The van der Waals surface area contributed by atoms with Gasteiger partial charge in [-0.25, -0.2) is 0 Å². The monoisotopic (exact) mass is 269 g/mol.